The van der Waals surface area contributed by atoms with Crippen LogP contribution in [0.1, 0.15) is 5.56 Å². The van der Waals surface area contributed by atoms with Gasteiger partial charge in [0.2, 0.25) is 10.0 Å². The van der Waals surface area contributed by atoms with E-state index in [-0.39, 0.29) is 17.3 Å². The van der Waals surface area contributed by atoms with Crippen molar-refractivity contribution < 1.29 is 17.5 Å². The van der Waals surface area contributed by atoms with E-state index < -0.39 is 10.0 Å². The molecule has 4 nitrogen and oxygen atoms in total. The number of hydrogen-bond acceptors (Lipinski definition) is 3. The van der Waals surface area contributed by atoms with E-state index in [2.05, 4.69) is 0 Å². The van der Waals surface area contributed by atoms with Crippen molar-refractivity contribution in [2.75, 3.05) is 14.2 Å². The average Bonchev–Trinajstić information content (AvgIpc) is 2.49. The lowest BCUT2D eigenvalue weighted by molar-refractivity contribution is 0.411. The number of methoxy groups -OCH3 is 1. The van der Waals surface area contributed by atoms with Crippen LogP contribution in [0.25, 0.3) is 0 Å². The molecule has 0 aliphatic carbocycles. The first-order valence-electron chi connectivity index (χ1n) is 6.39. The van der Waals surface area contributed by atoms with Crippen molar-refractivity contribution in [2.24, 2.45) is 0 Å². The molecule has 0 spiro atoms. The molecule has 0 heterocycles. The fraction of sp³-hybridized carbons (Fsp3) is 0.200. The van der Waals surface area contributed by atoms with Crippen LogP contribution in [0.15, 0.2) is 47.4 Å². The van der Waals surface area contributed by atoms with Crippen LogP contribution in [0.5, 0.6) is 5.75 Å². The molecule has 0 saturated heterocycles. The fourth-order valence-corrected chi connectivity index (χ4v) is 4.05. The number of nitrogens with zero attached hydrogens (tertiary/aromatic N) is 1. The summed E-state index contributed by atoms with van der Waals surface area (Å²) in [4.78, 5) is 0.197. The van der Waals surface area contributed by atoms with Gasteiger partial charge in [0.05, 0.1) is 15.6 Å². The Bertz CT molecular complexity index is 763. The predicted octanol–water partition coefficient (Wildman–Crippen LogP) is 3.26. The summed E-state index contributed by atoms with van der Waals surface area (Å²) in [6.45, 7) is 0.172. The lowest BCUT2D eigenvalue weighted by atomic mass is 10.2. The summed E-state index contributed by atoms with van der Waals surface area (Å²) in [5.41, 5.74) is 0.718. The highest BCUT2D eigenvalue weighted by atomic mass is 127. The van der Waals surface area contributed by atoms with Crippen LogP contribution < -0.4 is 4.74 Å². The molecule has 2 aromatic carbocycles. The molecule has 0 aliphatic heterocycles. The molecule has 0 saturated carbocycles. The Labute approximate surface area is 143 Å². The van der Waals surface area contributed by atoms with Crippen LogP contribution >= 0.6 is 22.6 Å². The first-order valence-corrected chi connectivity index (χ1v) is 8.91. The summed E-state index contributed by atoms with van der Waals surface area (Å²) in [6.07, 6.45) is 0. The Morgan fingerprint density at radius 2 is 1.82 bits per heavy atom. The molecule has 2 rings (SSSR count). The highest BCUT2D eigenvalue weighted by Gasteiger charge is 2.22. The molecule has 0 aromatic heterocycles. The van der Waals surface area contributed by atoms with Gasteiger partial charge in [-0.05, 0) is 58.5 Å². The summed E-state index contributed by atoms with van der Waals surface area (Å²) in [7, 11) is -0.586. The zero-order chi connectivity index (χ0) is 16.3. The monoisotopic (exact) mass is 435 g/mol. The van der Waals surface area contributed by atoms with E-state index in [4.69, 9.17) is 4.74 Å². The van der Waals surface area contributed by atoms with Gasteiger partial charge in [-0.2, -0.15) is 4.31 Å². The highest BCUT2D eigenvalue weighted by molar-refractivity contribution is 14.1. The predicted molar refractivity (Wildman–Crippen MR) is 90.8 cm³/mol. The van der Waals surface area contributed by atoms with Crippen LogP contribution in [-0.2, 0) is 16.6 Å². The van der Waals surface area contributed by atoms with Crippen molar-refractivity contribution in [3.63, 3.8) is 0 Å². The minimum absolute atomic E-state index is 0.172. The molecule has 0 fully saturated rings. The summed E-state index contributed by atoms with van der Waals surface area (Å²) < 4.78 is 45.1. The Morgan fingerprint density at radius 1 is 1.18 bits per heavy atom. The quantitative estimate of drug-likeness (QED) is 0.678. The summed E-state index contributed by atoms with van der Waals surface area (Å²) in [5.74, 6) is 0.278. The van der Waals surface area contributed by atoms with Crippen LogP contribution in [0.2, 0.25) is 0 Å². The summed E-state index contributed by atoms with van der Waals surface area (Å²) in [5, 5.41) is 0. The zero-order valence-electron chi connectivity index (χ0n) is 12.1. The van der Waals surface area contributed by atoms with E-state index in [1.165, 1.54) is 36.7 Å². The smallest absolute Gasteiger partial charge is 0.243 e. The molecular formula is C15H15FINO3S. The lowest BCUT2D eigenvalue weighted by Crippen LogP contribution is -2.26. The maximum absolute atomic E-state index is 12.9. The van der Waals surface area contributed by atoms with Crippen LogP contribution in [0.3, 0.4) is 0 Å². The first kappa shape index (κ1) is 17.2. The van der Waals surface area contributed by atoms with Gasteiger partial charge in [0.15, 0.2) is 0 Å². The van der Waals surface area contributed by atoms with E-state index in [1.807, 2.05) is 22.6 Å². The number of halogens is 2. The molecule has 0 bridgehead atoms. The van der Waals surface area contributed by atoms with Crippen molar-refractivity contribution >= 4 is 32.6 Å². The molecular weight excluding hydrogens is 420 g/mol. The minimum atomic E-state index is -3.62. The van der Waals surface area contributed by atoms with Gasteiger partial charge in [-0.25, -0.2) is 12.8 Å². The van der Waals surface area contributed by atoms with E-state index >= 15 is 0 Å². The second-order valence-corrected chi connectivity index (χ2v) is 7.89. The number of benzene rings is 2. The third-order valence-corrected chi connectivity index (χ3v) is 5.79. The second kappa shape index (κ2) is 6.93. The van der Waals surface area contributed by atoms with Crippen molar-refractivity contribution in [1.82, 2.24) is 4.31 Å². The van der Waals surface area contributed by atoms with Gasteiger partial charge in [0, 0.05) is 13.6 Å². The number of hydrogen-bond donors (Lipinski definition) is 0. The Morgan fingerprint density at radius 3 is 2.36 bits per heavy atom. The van der Waals surface area contributed by atoms with Crippen LogP contribution in [0.4, 0.5) is 4.39 Å². The SMILES string of the molecule is COc1ccc(S(=O)(=O)N(C)Cc2ccc(F)cc2)cc1I. The molecule has 0 amide bonds. The summed E-state index contributed by atoms with van der Waals surface area (Å²) >= 11 is 2.03. The Hall–Kier alpha value is -1.19. The van der Waals surface area contributed by atoms with Gasteiger partial charge >= 0.3 is 0 Å². The van der Waals surface area contributed by atoms with E-state index in [1.54, 1.807) is 24.3 Å². The number of rotatable bonds is 5. The minimum Gasteiger partial charge on any atom is -0.496 e. The van der Waals surface area contributed by atoms with Crippen molar-refractivity contribution in [3.05, 3.63) is 57.4 Å². The normalized spacial score (nSPS) is 11.7. The molecule has 0 atom stereocenters. The van der Waals surface area contributed by atoms with Gasteiger partial charge in [0.1, 0.15) is 11.6 Å². The maximum atomic E-state index is 12.9. The molecule has 0 unspecified atom stereocenters. The van der Waals surface area contributed by atoms with E-state index in [9.17, 15) is 12.8 Å². The number of sulfonamides is 1. The first-order chi connectivity index (χ1) is 10.3. The van der Waals surface area contributed by atoms with Gasteiger partial charge < -0.3 is 4.74 Å². The van der Waals surface area contributed by atoms with Gasteiger partial charge in [-0.15, -0.1) is 0 Å². The Kier molecular flexibility index (Phi) is 5.41. The zero-order valence-corrected chi connectivity index (χ0v) is 15.1. The standard InChI is InChI=1S/C15H15FINO3S/c1-18(10-11-3-5-12(16)6-4-11)22(19,20)13-7-8-15(21-2)14(17)9-13/h3-9H,10H2,1-2H3. The second-order valence-electron chi connectivity index (χ2n) is 4.68. The highest BCUT2D eigenvalue weighted by Crippen LogP contribution is 2.25. The fourth-order valence-electron chi connectivity index (χ4n) is 1.92. The topological polar surface area (TPSA) is 46.6 Å². The molecule has 0 N–H and O–H groups in total. The maximum Gasteiger partial charge on any atom is 0.243 e. The third-order valence-electron chi connectivity index (χ3n) is 3.15. The van der Waals surface area contributed by atoms with E-state index in [0.717, 1.165) is 9.13 Å². The van der Waals surface area contributed by atoms with Crippen molar-refractivity contribution in [2.45, 2.75) is 11.4 Å². The summed E-state index contributed by atoms with van der Waals surface area (Å²) in [6, 6.07) is 10.5. The van der Waals surface area contributed by atoms with Crippen LogP contribution in [0, 0.1) is 9.39 Å². The molecule has 0 aliphatic rings. The van der Waals surface area contributed by atoms with Gasteiger partial charge in [-0.3, -0.25) is 0 Å². The molecule has 22 heavy (non-hydrogen) atoms. The van der Waals surface area contributed by atoms with Gasteiger partial charge in [0.25, 0.3) is 0 Å². The lowest BCUT2D eigenvalue weighted by Gasteiger charge is -2.18. The molecule has 2 aromatic rings. The molecule has 0 radical (unpaired) electrons. The van der Waals surface area contributed by atoms with Gasteiger partial charge in [-0.1, -0.05) is 12.1 Å². The van der Waals surface area contributed by atoms with Crippen LogP contribution in [-0.4, -0.2) is 26.9 Å². The molecule has 7 heteroatoms. The Balaban J connectivity index is 2.25. The molecule has 118 valence electrons. The number of ether oxygens (including phenoxy) is 1. The largest absolute Gasteiger partial charge is 0.496 e. The average molecular weight is 435 g/mol. The van der Waals surface area contributed by atoms with Crippen molar-refractivity contribution in [1.29, 1.82) is 0 Å². The van der Waals surface area contributed by atoms with Crippen molar-refractivity contribution in [3.8, 4) is 5.75 Å². The van der Waals surface area contributed by atoms with E-state index in [0.29, 0.717) is 5.75 Å². The third kappa shape index (κ3) is 3.76.